The van der Waals surface area contributed by atoms with E-state index >= 15 is 0 Å². The van der Waals surface area contributed by atoms with E-state index in [0.29, 0.717) is 6.04 Å². The van der Waals surface area contributed by atoms with E-state index in [0.717, 1.165) is 6.42 Å². The molecule has 0 bridgehead atoms. The molecule has 0 saturated heterocycles. The maximum Gasteiger partial charge on any atom is 0.0374 e. The van der Waals surface area contributed by atoms with Crippen molar-refractivity contribution in [2.45, 2.75) is 25.3 Å². The average molecular weight is 302 g/mol. The molecule has 1 N–H and O–H groups in total. The first-order valence-electron chi connectivity index (χ1n) is 6.41. The molecule has 0 amide bonds. The predicted molar refractivity (Wildman–Crippen MR) is 80.0 cm³/mol. The first-order chi connectivity index (χ1) is 8.83. The van der Waals surface area contributed by atoms with Crippen LogP contribution in [0.3, 0.4) is 0 Å². The Kier molecular flexibility index (Phi) is 3.37. The van der Waals surface area contributed by atoms with Crippen LogP contribution in [-0.2, 0) is 12.8 Å². The fourth-order valence-electron chi connectivity index (χ4n) is 2.58. The van der Waals surface area contributed by atoms with Crippen molar-refractivity contribution in [1.82, 2.24) is 0 Å². The number of aryl methyl sites for hydroxylation is 1. The highest BCUT2D eigenvalue weighted by molar-refractivity contribution is 9.10. The van der Waals surface area contributed by atoms with Gasteiger partial charge in [-0.3, -0.25) is 0 Å². The summed E-state index contributed by atoms with van der Waals surface area (Å²) in [6.07, 6.45) is 3.46. The number of benzene rings is 2. The third-order valence-corrected chi connectivity index (χ3v) is 4.34. The molecule has 18 heavy (non-hydrogen) atoms. The first-order valence-corrected chi connectivity index (χ1v) is 7.20. The van der Waals surface area contributed by atoms with Gasteiger partial charge in [0.05, 0.1) is 0 Å². The number of hydrogen-bond donors (Lipinski definition) is 1. The molecule has 0 spiro atoms. The van der Waals surface area contributed by atoms with Gasteiger partial charge in [0.2, 0.25) is 0 Å². The highest BCUT2D eigenvalue weighted by Crippen LogP contribution is 2.27. The molecule has 0 saturated carbocycles. The maximum absolute atomic E-state index is 3.65. The number of nitrogens with one attached hydrogen (secondary N) is 1. The second-order valence-corrected chi connectivity index (χ2v) is 5.69. The summed E-state index contributed by atoms with van der Waals surface area (Å²) < 4.78 is 1.21. The number of fused-ring (bicyclic) bond motifs is 1. The molecule has 2 heteroatoms. The lowest BCUT2D eigenvalue weighted by molar-refractivity contribution is 0.627. The Labute approximate surface area is 116 Å². The third kappa shape index (κ3) is 2.44. The smallest absolute Gasteiger partial charge is 0.0374 e. The second kappa shape index (κ2) is 5.15. The highest BCUT2D eigenvalue weighted by atomic mass is 79.9. The molecule has 0 aromatic heterocycles. The summed E-state index contributed by atoms with van der Waals surface area (Å²) in [7, 11) is 0. The Bertz CT molecular complexity index is 550. The van der Waals surface area contributed by atoms with E-state index in [1.165, 1.54) is 34.1 Å². The van der Waals surface area contributed by atoms with Crippen LogP contribution in [0.1, 0.15) is 17.5 Å². The summed E-state index contributed by atoms with van der Waals surface area (Å²) in [6.45, 7) is 0. The number of rotatable bonds is 2. The van der Waals surface area contributed by atoms with Crippen LogP contribution in [0.4, 0.5) is 5.69 Å². The highest BCUT2D eigenvalue weighted by Gasteiger charge is 2.17. The average Bonchev–Trinajstić information content (AvgIpc) is 2.41. The molecule has 0 radical (unpaired) electrons. The molecule has 1 unspecified atom stereocenters. The van der Waals surface area contributed by atoms with Gasteiger partial charge in [0, 0.05) is 16.2 Å². The van der Waals surface area contributed by atoms with Crippen LogP contribution in [0, 0.1) is 0 Å². The predicted octanol–water partition coefficient (Wildman–Crippen LogP) is 4.42. The summed E-state index contributed by atoms with van der Waals surface area (Å²) >= 11 is 3.63. The molecular formula is C16H16BrN. The van der Waals surface area contributed by atoms with Crippen molar-refractivity contribution in [1.29, 1.82) is 0 Å². The van der Waals surface area contributed by atoms with Crippen LogP contribution in [0.2, 0.25) is 0 Å². The van der Waals surface area contributed by atoms with Crippen molar-refractivity contribution in [2.75, 3.05) is 5.32 Å². The molecule has 0 fully saturated rings. The monoisotopic (exact) mass is 301 g/mol. The van der Waals surface area contributed by atoms with Crippen LogP contribution >= 0.6 is 15.9 Å². The van der Waals surface area contributed by atoms with Gasteiger partial charge in [-0.2, -0.15) is 0 Å². The fourth-order valence-corrected chi connectivity index (χ4v) is 3.03. The van der Waals surface area contributed by atoms with Crippen molar-refractivity contribution >= 4 is 21.6 Å². The summed E-state index contributed by atoms with van der Waals surface area (Å²) in [6, 6.07) is 17.7. The second-order valence-electron chi connectivity index (χ2n) is 4.83. The number of para-hydroxylation sites is 1. The number of hydrogen-bond acceptors (Lipinski definition) is 1. The molecule has 2 aromatic carbocycles. The molecule has 2 aromatic rings. The van der Waals surface area contributed by atoms with Crippen molar-refractivity contribution in [3.05, 3.63) is 64.1 Å². The standard InChI is InChI=1S/C16H16BrN/c17-15-7-3-1-6-13(15)11-14-10-9-12-5-2-4-8-16(12)18-14/h1-8,14,18H,9-11H2. The maximum atomic E-state index is 3.65. The van der Waals surface area contributed by atoms with Crippen molar-refractivity contribution in [3.8, 4) is 0 Å². The largest absolute Gasteiger partial charge is 0.382 e. The summed E-state index contributed by atoms with van der Waals surface area (Å²) in [5, 5.41) is 3.65. The molecule has 1 aliphatic heterocycles. The summed E-state index contributed by atoms with van der Waals surface area (Å²) in [4.78, 5) is 0. The number of anilines is 1. The molecule has 1 heterocycles. The van der Waals surface area contributed by atoms with Gasteiger partial charge >= 0.3 is 0 Å². The molecule has 1 nitrogen and oxygen atoms in total. The Balaban J connectivity index is 1.75. The quantitative estimate of drug-likeness (QED) is 0.866. The van der Waals surface area contributed by atoms with Gasteiger partial charge in [0.1, 0.15) is 0 Å². The van der Waals surface area contributed by atoms with Crippen molar-refractivity contribution in [2.24, 2.45) is 0 Å². The van der Waals surface area contributed by atoms with Crippen molar-refractivity contribution < 1.29 is 0 Å². The molecule has 3 rings (SSSR count). The van der Waals surface area contributed by atoms with Crippen LogP contribution < -0.4 is 5.32 Å². The Morgan fingerprint density at radius 2 is 1.83 bits per heavy atom. The Hall–Kier alpha value is -1.28. The van der Waals surface area contributed by atoms with Gasteiger partial charge in [-0.1, -0.05) is 52.3 Å². The lowest BCUT2D eigenvalue weighted by atomic mass is 9.94. The third-order valence-electron chi connectivity index (χ3n) is 3.56. The van der Waals surface area contributed by atoms with Gasteiger partial charge in [-0.05, 0) is 42.5 Å². The lowest BCUT2D eigenvalue weighted by Crippen LogP contribution is -2.27. The SMILES string of the molecule is Brc1ccccc1CC1CCc2ccccc2N1. The minimum atomic E-state index is 0.540. The van der Waals surface area contributed by atoms with E-state index in [-0.39, 0.29) is 0 Å². The number of halogens is 1. The molecule has 0 aliphatic carbocycles. The van der Waals surface area contributed by atoms with E-state index in [9.17, 15) is 0 Å². The van der Waals surface area contributed by atoms with Gasteiger partial charge in [-0.15, -0.1) is 0 Å². The lowest BCUT2D eigenvalue weighted by Gasteiger charge is -2.27. The Morgan fingerprint density at radius 3 is 2.72 bits per heavy atom. The molecule has 1 atom stereocenters. The van der Waals surface area contributed by atoms with Gasteiger partial charge in [-0.25, -0.2) is 0 Å². The molecular weight excluding hydrogens is 286 g/mol. The van der Waals surface area contributed by atoms with Gasteiger partial charge < -0.3 is 5.32 Å². The zero-order valence-corrected chi connectivity index (χ0v) is 11.8. The fraction of sp³-hybridized carbons (Fsp3) is 0.250. The van der Waals surface area contributed by atoms with E-state index in [1.807, 2.05) is 0 Å². The van der Waals surface area contributed by atoms with E-state index < -0.39 is 0 Å². The normalized spacial score (nSPS) is 17.9. The van der Waals surface area contributed by atoms with Gasteiger partial charge in [0.15, 0.2) is 0 Å². The Morgan fingerprint density at radius 1 is 1.06 bits per heavy atom. The zero-order valence-electron chi connectivity index (χ0n) is 10.2. The molecule has 1 aliphatic rings. The zero-order chi connectivity index (χ0) is 12.4. The van der Waals surface area contributed by atoms with E-state index in [2.05, 4.69) is 69.8 Å². The van der Waals surface area contributed by atoms with Gasteiger partial charge in [0.25, 0.3) is 0 Å². The minimum Gasteiger partial charge on any atom is -0.382 e. The first kappa shape index (κ1) is 11.8. The van der Waals surface area contributed by atoms with E-state index in [1.54, 1.807) is 0 Å². The van der Waals surface area contributed by atoms with Crippen LogP contribution in [0.15, 0.2) is 53.0 Å². The molecule has 92 valence electrons. The van der Waals surface area contributed by atoms with Crippen molar-refractivity contribution in [3.63, 3.8) is 0 Å². The summed E-state index contributed by atoms with van der Waals surface area (Å²) in [5.41, 5.74) is 4.14. The van der Waals surface area contributed by atoms with Crippen LogP contribution in [0.5, 0.6) is 0 Å². The topological polar surface area (TPSA) is 12.0 Å². The van der Waals surface area contributed by atoms with E-state index in [4.69, 9.17) is 0 Å². The van der Waals surface area contributed by atoms with Crippen LogP contribution in [-0.4, -0.2) is 6.04 Å². The van der Waals surface area contributed by atoms with Crippen LogP contribution in [0.25, 0.3) is 0 Å². The summed E-state index contributed by atoms with van der Waals surface area (Å²) in [5.74, 6) is 0. The minimum absolute atomic E-state index is 0.540.